The maximum absolute atomic E-state index is 6.20. The molecule has 0 spiro atoms. The van der Waals surface area contributed by atoms with E-state index in [1.807, 2.05) is 42.5 Å². The van der Waals surface area contributed by atoms with E-state index in [0.717, 1.165) is 11.1 Å². The van der Waals surface area contributed by atoms with Crippen LogP contribution in [0.1, 0.15) is 28.8 Å². The van der Waals surface area contributed by atoms with Crippen molar-refractivity contribution >= 4 is 0 Å². The molecule has 0 heterocycles. The maximum Gasteiger partial charge on any atom is 0.0491 e. The van der Waals surface area contributed by atoms with Crippen LogP contribution >= 0.6 is 0 Å². The van der Waals surface area contributed by atoms with Crippen molar-refractivity contribution in [2.75, 3.05) is 0 Å². The third-order valence-corrected chi connectivity index (χ3v) is 3.03. The highest BCUT2D eigenvalue weighted by molar-refractivity contribution is 5.28. The van der Waals surface area contributed by atoms with Crippen LogP contribution in [0.25, 0.3) is 0 Å². The van der Waals surface area contributed by atoms with Gasteiger partial charge in [-0.25, -0.2) is 0 Å². The molecule has 0 fully saturated rings. The Morgan fingerprint density at radius 2 is 1.18 bits per heavy atom. The van der Waals surface area contributed by atoms with Crippen molar-refractivity contribution < 1.29 is 0 Å². The van der Waals surface area contributed by atoms with E-state index in [1.165, 1.54) is 5.56 Å². The Bertz CT molecular complexity index is 462. The van der Waals surface area contributed by atoms with Crippen LogP contribution in [0.5, 0.6) is 0 Å². The highest BCUT2D eigenvalue weighted by Gasteiger charge is 2.16. The SMILES string of the molecule is Cc1ccc(C(N)C(N)c2ccccc2)cc1. The van der Waals surface area contributed by atoms with Crippen LogP contribution in [0, 0.1) is 6.92 Å². The summed E-state index contributed by atoms with van der Waals surface area (Å²) in [7, 11) is 0. The molecule has 0 aliphatic heterocycles. The standard InChI is InChI=1S/C15H18N2/c1-11-7-9-13(10-8-11)15(17)14(16)12-5-3-2-4-6-12/h2-10,14-15H,16-17H2,1H3. The quantitative estimate of drug-likeness (QED) is 0.845. The molecule has 0 bridgehead atoms. The van der Waals surface area contributed by atoms with Gasteiger partial charge in [0.2, 0.25) is 0 Å². The molecule has 0 aliphatic carbocycles. The smallest absolute Gasteiger partial charge is 0.0491 e. The Labute approximate surface area is 102 Å². The zero-order valence-electron chi connectivity index (χ0n) is 10.0. The molecule has 4 N–H and O–H groups in total. The molecule has 0 saturated heterocycles. The van der Waals surface area contributed by atoms with E-state index in [9.17, 15) is 0 Å². The van der Waals surface area contributed by atoms with Crippen molar-refractivity contribution in [3.8, 4) is 0 Å². The topological polar surface area (TPSA) is 52.0 Å². The third kappa shape index (κ3) is 2.73. The molecule has 2 nitrogen and oxygen atoms in total. The summed E-state index contributed by atoms with van der Waals surface area (Å²) in [5.74, 6) is 0. The molecule has 2 heteroatoms. The van der Waals surface area contributed by atoms with Gasteiger partial charge in [0.15, 0.2) is 0 Å². The summed E-state index contributed by atoms with van der Waals surface area (Å²) >= 11 is 0. The highest BCUT2D eigenvalue weighted by Crippen LogP contribution is 2.24. The summed E-state index contributed by atoms with van der Waals surface area (Å²) in [5.41, 5.74) is 15.8. The molecule has 2 unspecified atom stereocenters. The molecule has 2 atom stereocenters. The molecule has 88 valence electrons. The second-order valence-corrected chi connectivity index (χ2v) is 4.37. The van der Waals surface area contributed by atoms with Gasteiger partial charge in [-0.15, -0.1) is 0 Å². The molecule has 0 aromatic heterocycles. The maximum atomic E-state index is 6.20. The summed E-state index contributed by atoms with van der Waals surface area (Å²) < 4.78 is 0. The van der Waals surface area contributed by atoms with Crippen molar-refractivity contribution in [2.45, 2.75) is 19.0 Å². The minimum atomic E-state index is -0.169. The first-order valence-electron chi connectivity index (χ1n) is 5.81. The van der Waals surface area contributed by atoms with Gasteiger partial charge < -0.3 is 11.5 Å². The van der Waals surface area contributed by atoms with Gasteiger partial charge in [0.1, 0.15) is 0 Å². The van der Waals surface area contributed by atoms with Crippen molar-refractivity contribution in [1.29, 1.82) is 0 Å². The number of nitrogens with two attached hydrogens (primary N) is 2. The molecular weight excluding hydrogens is 208 g/mol. The largest absolute Gasteiger partial charge is 0.322 e. The Morgan fingerprint density at radius 3 is 1.71 bits per heavy atom. The fourth-order valence-electron chi connectivity index (χ4n) is 1.88. The summed E-state index contributed by atoms with van der Waals surface area (Å²) in [4.78, 5) is 0. The zero-order valence-corrected chi connectivity index (χ0v) is 10.0. The fourth-order valence-corrected chi connectivity index (χ4v) is 1.88. The van der Waals surface area contributed by atoms with Crippen LogP contribution in [-0.4, -0.2) is 0 Å². The van der Waals surface area contributed by atoms with Crippen LogP contribution in [-0.2, 0) is 0 Å². The van der Waals surface area contributed by atoms with Crippen molar-refractivity contribution in [3.05, 3.63) is 71.3 Å². The van der Waals surface area contributed by atoms with Crippen molar-refractivity contribution in [1.82, 2.24) is 0 Å². The lowest BCUT2D eigenvalue weighted by Crippen LogP contribution is -2.26. The summed E-state index contributed by atoms with van der Waals surface area (Å²) in [5, 5.41) is 0. The van der Waals surface area contributed by atoms with Crippen LogP contribution in [0.2, 0.25) is 0 Å². The van der Waals surface area contributed by atoms with Crippen molar-refractivity contribution in [2.24, 2.45) is 11.5 Å². The molecule has 0 saturated carbocycles. The lowest BCUT2D eigenvalue weighted by molar-refractivity contribution is 0.574. The van der Waals surface area contributed by atoms with Crippen LogP contribution in [0.3, 0.4) is 0 Å². The first kappa shape index (κ1) is 11.8. The van der Waals surface area contributed by atoms with E-state index in [1.54, 1.807) is 0 Å². The fraction of sp³-hybridized carbons (Fsp3) is 0.200. The molecule has 0 amide bonds. The summed E-state index contributed by atoms with van der Waals surface area (Å²) in [6.07, 6.45) is 0. The zero-order chi connectivity index (χ0) is 12.3. The predicted molar refractivity (Wildman–Crippen MR) is 71.5 cm³/mol. The summed E-state index contributed by atoms with van der Waals surface area (Å²) in [6.45, 7) is 2.06. The number of benzene rings is 2. The van der Waals surface area contributed by atoms with Gasteiger partial charge in [-0.05, 0) is 18.1 Å². The lowest BCUT2D eigenvalue weighted by atomic mass is 9.94. The molecular formula is C15H18N2. The molecule has 2 aromatic carbocycles. The van der Waals surface area contributed by atoms with E-state index < -0.39 is 0 Å². The molecule has 2 rings (SSSR count). The van der Waals surface area contributed by atoms with Gasteiger partial charge in [0.25, 0.3) is 0 Å². The van der Waals surface area contributed by atoms with Crippen LogP contribution in [0.4, 0.5) is 0 Å². The molecule has 0 aliphatic rings. The normalized spacial score (nSPS) is 14.3. The van der Waals surface area contributed by atoms with E-state index in [4.69, 9.17) is 11.5 Å². The molecule has 17 heavy (non-hydrogen) atoms. The van der Waals surface area contributed by atoms with Gasteiger partial charge in [-0.2, -0.15) is 0 Å². The monoisotopic (exact) mass is 226 g/mol. The highest BCUT2D eigenvalue weighted by atomic mass is 14.8. The van der Waals surface area contributed by atoms with Crippen LogP contribution in [0.15, 0.2) is 54.6 Å². The first-order valence-corrected chi connectivity index (χ1v) is 5.81. The van der Waals surface area contributed by atoms with Crippen LogP contribution < -0.4 is 11.5 Å². The number of hydrogen-bond donors (Lipinski definition) is 2. The average molecular weight is 226 g/mol. The average Bonchev–Trinajstić information content (AvgIpc) is 2.39. The number of rotatable bonds is 3. The van der Waals surface area contributed by atoms with Gasteiger partial charge in [0, 0.05) is 12.1 Å². The van der Waals surface area contributed by atoms with Gasteiger partial charge in [-0.1, -0.05) is 60.2 Å². The van der Waals surface area contributed by atoms with Crippen molar-refractivity contribution in [3.63, 3.8) is 0 Å². The Hall–Kier alpha value is -1.64. The summed E-state index contributed by atoms with van der Waals surface area (Å²) in [6, 6.07) is 17.8. The van der Waals surface area contributed by atoms with E-state index in [0.29, 0.717) is 0 Å². The predicted octanol–water partition coefficient (Wildman–Crippen LogP) is 2.69. The Balaban J connectivity index is 2.20. The molecule has 2 aromatic rings. The molecule has 0 radical (unpaired) electrons. The first-order chi connectivity index (χ1) is 8.18. The van der Waals surface area contributed by atoms with Gasteiger partial charge in [-0.3, -0.25) is 0 Å². The second-order valence-electron chi connectivity index (χ2n) is 4.37. The van der Waals surface area contributed by atoms with E-state index in [2.05, 4.69) is 19.1 Å². The minimum absolute atomic E-state index is 0.168. The van der Waals surface area contributed by atoms with E-state index in [-0.39, 0.29) is 12.1 Å². The number of hydrogen-bond acceptors (Lipinski definition) is 2. The van der Waals surface area contributed by atoms with Gasteiger partial charge >= 0.3 is 0 Å². The van der Waals surface area contributed by atoms with Gasteiger partial charge in [0.05, 0.1) is 0 Å². The number of aryl methyl sites for hydroxylation is 1. The minimum Gasteiger partial charge on any atom is -0.322 e. The van der Waals surface area contributed by atoms with E-state index >= 15 is 0 Å². The Kier molecular flexibility index (Phi) is 3.57. The second kappa shape index (κ2) is 5.13. The third-order valence-electron chi connectivity index (χ3n) is 3.03. The lowest BCUT2D eigenvalue weighted by Gasteiger charge is -2.20. The Morgan fingerprint density at radius 1 is 0.706 bits per heavy atom.